The first-order valence-corrected chi connectivity index (χ1v) is 5.55. The van der Waals surface area contributed by atoms with Crippen LogP contribution in [0.1, 0.15) is 15.9 Å². The maximum absolute atomic E-state index is 12.8. The third-order valence-electron chi connectivity index (χ3n) is 2.51. The molecule has 0 aliphatic heterocycles. The van der Waals surface area contributed by atoms with Gasteiger partial charge in [0.15, 0.2) is 0 Å². The van der Waals surface area contributed by atoms with Crippen molar-refractivity contribution in [3.63, 3.8) is 0 Å². The second-order valence-corrected chi connectivity index (χ2v) is 3.93. The van der Waals surface area contributed by atoms with E-state index in [-0.39, 0.29) is 5.75 Å². The summed E-state index contributed by atoms with van der Waals surface area (Å²) in [5.74, 6) is -1.35. The summed E-state index contributed by atoms with van der Waals surface area (Å²) in [6.07, 6.45) is -4.76. The summed E-state index contributed by atoms with van der Waals surface area (Å²) in [5, 5.41) is 8.77. The van der Waals surface area contributed by atoms with Crippen LogP contribution in [-0.2, 0) is 6.18 Å². The highest BCUT2D eigenvalue weighted by Gasteiger charge is 2.35. The third-order valence-corrected chi connectivity index (χ3v) is 2.51. The van der Waals surface area contributed by atoms with Crippen LogP contribution in [0.5, 0.6) is 11.5 Å². The van der Waals surface area contributed by atoms with Gasteiger partial charge in [-0.1, -0.05) is 18.2 Å². The third kappa shape index (κ3) is 3.09. The number of benzene rings is 2. The maximum Gasteiger partial charge on any atom is 0.417 e. The van der Waals surface area contributed by atoms with Crippen molar-refractivity contribution in [1.82, 2.24) is 0 Å². The van der Waals surface area contributed by atoms with Gasteiger partial charge in [0, 0.05) is 0 Å². The largest absolute Gasteiger partial charge is 0.478 e. The van der Waals surface area contributed by atoms with E-state index in [1.165, 1.54) is 6.07 Å². The van der Waals surface area contributed by atoms with Gasteiger partial charge in [0.1, 0.15) is 11.5 Å². The van der Waals surface area contributed by atoms with E-state index in [1.54, 1.807) is 30.3 Å². The van der Waals surface area contributed by atoms with E-state index >= 15 is 0 Å². The van der Waals surface area contributed by atoms with Crippen molar-refractivity contribution >= 4 is 5.97 Å². The molecule has 2 rings (SSSR count). The van der Waals surface area contributed by atoms with Crippen molar-refractivity contribution in [3.05, 3.63) is 59.7 Å². The predicted octanol–water partition coefficient (Wildman–Crippen LogP) is 4.20. The molecule has 0 aromatic heterocycles. The molecule has 0 aliphatic rings. The summed E-state index contributed by atoms with van der Waals surface area (Å²) in [6.45, 7) is 0. The molecule has 0 aliphatic carbocycles. The molecule has 104 valence electrons. The van der Waals surface area contributed by atoms with E-state index in [0.29, 0.717) is 11.8 Å². The first-order chi connectivity index (χ1) is 9.38. The van der Waals surface area contributed by atoms with Gasteiger partial charge in [-0.05, 0) is 30.3 Å². The summed E-state index contributed by atoms with van der Waals surface area (Å²) in [6, 6.07) is 11.0. The summed E-state index contributed by atoms with van der Waals surface area (Å²) < 4.78 is 43.7. The van der Waals surface area contributed by atoms with E-state index < -0.39 is 23.3 Å². The number of halogens is 3. The average molecular weight is 282 g/mol. The van der Waals surface area contributed by atoms with Gasteiger partial charge in [0.2, 0.25) is 0 Å². The predicted molar refractivity (Wildman–Crippen MR) is 64.9 cm³/mol. The molecule has 2 aromatic rings. The lowest BCUT2D eigenvalue weighted by Crippen LogP contribution is -2.12. The monoisotopic (exact) mass is 282 g/mol. The zero-order valence-electron chi connectivity index (χ0n) is 10.0. The highest BCUT2D eigenvalue weighted by molar-refractivity contribution is 5.89. The summed E-state index contributed by atoms with van der Waals surface area (Å²) in [5.41, 5.74) is -2.05. The van der Waals surface area contributed by atoms with Crippen molar-refractivity contribution in [3.8, 4) is 11.5 Å². The van der Waals surface area contributed by atoms with Crippen LogP contribution < -0.4 is 4.74 Å². The van der Waals surface area contributed by atoms with Crippen molar-refractivity contribution in [2.24, 2.45) is 0 Å². The minimum absolute atomic E-state index is 0.0754. The number of para-hydroxylation sites is 1. The van der Waals surface area contributed by atoms with Gasteiger partial charge in [-0.25, -0.2) is 4.79 Å². The second kappa shape index (κ2) is 5.24. The Morgan fingerprint density at radius 1 is 1.00 bits per heavy atom. The zero-order valence-corrected chi connectivity index (χ0v) is 10.0. The topological polar surface area (TPSA) is 46.5 Å². The van der Waals surface area contributed by atoms with Gasteiger partial charge in [-0.2, -0.15) is 13.2 Å². The van der Waals surface area contributed by atoms with Gasteiger partial charge in [0.25, 0.3) is 0 Å². The lowest BCUT2D eigenvalue weighted by Gasteiger charge is -2.12. The minimum Gasteiger partial charge on any atom is -0.478 e. The first kappa shape index (κ1) is 13.9. The molecule has 0 fully saturated rings. The first-order valence-electron chi connectivity index (χ1n) is 5.55. The Hall–Kier alpha value is -2.50. The van der Waals surface area contributed by atoms with Gasteiger partial charge in [-0.15, -0.1) is 0 Å². The van der Waals surface area contributed by atoms with Crippen LogP contribution in [0.25, 0.3) is 0 Å². The Morgan fingerprint density at radius 2 is 1.65 bits per heavy atom. The highest BCUT2D eigenvalue weighted by Crippen LogP contribution is 2.35. The normalized spacial score (nSPS) is 11.2. The number of aromatic carboxylic acids is 1. The molecule has 0 saturated carbocycles. The number of ether oxygens (including phenoxy) is 1. The lowest BCUT2D eigenvalue weighted by molar-refractivity contribution is -0.138. The molecule has 3 nitrogen and oxygen atoms in total. The highest BCUT2D eigenvalue weighted by atomic mass is 19.4. The van der Waals surface area contributed by atoms with Crippen LogP contribution in [0.15, 0.2) is 48.5 Å². The lowest BCUT2D eigenvalue weighted by atomic mass is 10.1. The molecular formula is C14H9F3O3. The molecule has 6 heteroatoms. The fraction of sp³-hybridized carbons (Fsp3) is 0.0714. The van der Waals surface area contributed by atoms with Crippen LogP contribution in [-0.4, -0.2) is 11.1 Å². The number of alkyl halides is 3. The Balaban J connectivity index is 2.40. The number of carbonyl (C=O) groups is 1. The standard InChI is InChI=1S/C14H9F3O3/c15-14(16,17)12-8-10(6-7-11(12)13(18)19)20-9-4-2-1-3-5-9/h1-8H,(H,18,19). The van der Waals surface area contributed by atoms with E-state index in [0.717, 1.165) is 6.07 Å². The Morgan fingerprint density at radius 3 is 2.20 bits per heavy atom. The molecule has 0 heterocycles. The molecule has 0 amide bonds. The fourth-order valence-electron chi connectivity index (χ4n) is 1.63. The molecule has 20 heavy (non-hydrogen) atoms. The van der Waals surface area contributed by atoms with Crippen molar-refractivity contribution in [2.75, 3.05) is 0 Å². The molecule has 0 bridgehead atoms. The number of carboxylic acid groups (broad SMARTS) is 1. The van der Waals surface area contributed by atoms with Gasteiger partial charge < -0.3 is 9.84 Å². The quantitative estimate of drug-likeness (QED) is 0.917. The van der Waals surface area contributed by atoms with Crippen molar-refractivity contribution in [2.45, 2.75) is 6.18 Å². The molecule has 0 unspecified atom stereocenters. The van der Waals surface area contributed by atoms with Crippen LogP contribution in [0.2, 0.25) is 0 Å². The Kier molecular flexibility index (Phi) is 3.65. The van der Waals surface area contributed by atoms with Gasteiger partial charge >= 0.3 is 12.1 Å². The van der Waals surface area contributed by atoms with E-state index in [4.69, 9.17) is 9.84 Å². The van der Waals surface area contributed by atoms with E-state index in [1.807, 2.05) is 0 Å². The van der Waals surface area contributed by atoms with E-state index in [2.05, 4.69) is 0 Å². The van der Waals surface area contributed by atoms with Crippen LogP contribution in [0, 0.1) is 0 Å². The van der Waals surface area contributed by atoms with Crippen LogP contribution in [0.4, 0.5) is 13.2 Å². The average Bonchev–Trinajstić information content (AvgIpc) is 2.38. The Labute approximate surface area is 112 Å². The maximum atomic E-state index is 12.8. The molecule has 0 saturated heterocycles. The summed E-state index contributed by atoms with van der Waals surface area (Å²) in [7, 11) is 0. The van der Waals surface area contributed by atoms with Crippen LogP contribution in [0.3, 0.4) is 0 Å². The van der Waals surface area contributed by atoms with Gasteiger partial charge in [-0.3, -0.25) is 0 Å². The second-order valence-electron chi connectivity index (χ2n) is 3.93. The fourth-order valence-corrected chi connectivity index (χ4v) is 1.63. The molecule has 0 spiro atoms. The van der Waals surface area contributed by atoms with Crippen molar-refractivity contribution in [1.29, 1.82) is 0 Å². The van der Waals surface area contributed by atoms with Gasteiger partial charge in [0.05, 0.1) is 11.1 Å². The summed E-state index contributed by atoms with van der Waals surface area (Å²) >= 11 is 0. The van der Waals surface area contributed by atoms with Crippen molar-refractivity contribution < 1.29 is 27.8 Å². The number of hydrogen-bond acceptors (Lipinski definition) is 2. The molecule has 1 N–H and O–H groups in total. The Bertz CT molecular complexity index is 621. The molecule has 0 atom stereocenters. The van der Waals surface area contributed by atoms with Crippen LogP contribution >= 0.6 is 0 Å². The molecule has 0 radical (unpaired) electrons. The number of rotatable bonds is 3. The SMILES string of the molecule is O=C(O)c1ccc(Oc2ccccc2)cc1C(F)(F)F. The van der Waals surface area contributed by atoms with E-state index in [9.17, 15) is 18.0 Å². The zero-order chi connectivity index (χ0) is 14.8. The summed E-state index contributed by atoms with van der Waals surface area (Å²) in [4.78, 5) is 10.8. The molecule has 2 aromatic carbocycles. The molecular weight excluding hydrogens is 273 g/mol. The number of hydrogen-bond donors (Lipinski definition) is 1. The number of carboxylic acids is 1. The smallest absolute Gasteiger partial charge is 0.417 e. The minimum atomic E-state index is -4.76.